The summed E-state index contributed by atoms with van der Waals surface area (Å²) in [6.45, 7) is 2.69. The maximum Gasteiger partial charge on any atom is 0.200 e. The second-order valence-electron chi connectivity index (χ2n) is 6.10. The third kappa shape index (κ3) is 2.19. The zero-order valence-corrected chi connectivity index (χ0v) is 13.2. The zero-order valence-electron chi connectivity index (χ0n) is 13.2. The molecular weight excluding hydrogens is 332 g/mol. The molecule has 7 nitrogen and oxygen atoms in total. The highest BCUT2D eigenvalue weighted by molar-refractivity contribution is 5.49. The molecule has 2 atom stereocenters. The normalized spacial score (nSPS) is 21.6. The van der Waals surface area contributed by atoms with E-state index in [9.17, 15) is 8.78 Å². The van der Waals surface area contributed by atoms with Gasteiger partial charge < -0.3 is 14.4 Å². The van der Waals surface area contributed by atoms with Crippen LogP contribution in [0.2, 0.25) is 0 Å². The van der Waals surface area contributed by atoms with Gasteiger partial charge in [-0.15, -0.1) is 14.8 Å². The molecule has 1 fully saturated rings. The fraction of sp³-hybridized carbons (Fsp3) is 0.312. The summed E-state index contributed by atoms with van der Waals surface area (Å²) in [5.74, 6) is -0.300. The summed E-state index contributed by atoms with van der Waals surface area (Å²) in [6, 6.07) is 5.72. The number of aromatic nitrogens is 4. The number of rotatable bonds is 1. The molecule has 1 saturated heterocycles. The van der Waals surface area contributed by atoms with E-state index in [1.165, 1.54) is 4.63 Å². The summed E-state index contributed by atoms with van der Waals surface area (Å²) in [5.41, 5.74) is 0.655. The van der Waals surface area contributed by atoms with Crippen LogP contribution in [0.5, 0.6) is 11.5 Å². The minimum absolute atomic E-state index is 0.168. The second kappa shape index (κ2) is 5.01. The van der Waals surface area contributed by atoms with Gasteiger partial charge in [-0.25, -0.2) is 13.8 Å². The Kier molecular flexibility index (Phi) is 2.88. The van der Waals surface area contributed by atoms with Gasteiger partial charge in [0, 0.05) is 0 Å². The summed E-state index contributed by atoms with van der Waals surface area (Å²) < 4.78 is 40.6. The van der Waals surface area contributed by atoms with E-state index in [0.29, 0.717) is 30.4 Å². The molecule has 0 spiro atoms. The first kappa shape index (κ1) is 14.4. The van der Waals surface area contributed by atoms with Crippen molar-refractivity contribution in [3.05, 3.63) is 41.7 Å². The zero-order chi connectivity index (χ0) is 17.1. The van der Waals surface area contributed by atoms with Gasteiger partial charge in [-0.3, -0.25) is 0 Å². The highest BCUT2D eigenvalue weighted by Gasteiger charge is 2.42. The Balaban J connectivity index is 1.45. The van der Waals surface area contributed by atoms with Gasteiger partial charge >= 0.3 is 0 Å². The number of hydrogen-bond acceptors (Lipinski definition) is 6. The molecular formula is C16H13F2N5O2. The molecule has 1 aromatic carbocycles. The van der Waals surface area contributed by atoms with Crippen LogP contribution in [0, 0.1) is 18.6 Å². The Bertz CT molecular complexity index is 953. The fourth-order valence-corrected chi connectivity index (χ4v) is 3.24. The number of ether oxygens (including phenoxy) is 2. The first-order valence-electron chi connectivity index (χ1n) is 7.85. The molecule has 3 aromatic rings. The minimum atomic E-state index is -0.633. The Morgan fingerprint density at radius 1 is 0.960 bits per heavy atom. The topological polar surface area (TPSA) is 64.8 Å². The molecule has 2 aromatic heterocycles. The third-order valence-corrected chi connectivity index (χ3v) is 4.39. The average molecular weight is 345 g/mol. The number of aryl methyl sites for hydroxylation is 1. The lowest BCUT2D eigenvalue weighted by atomic mass is 10.2. The van der Waals surface area contributed by atoms with Gasteiger partial charge in [0.05, 0.1) is 13.1 Å². The number of benzene rings is 1. The smallest absolute Gasteiger partial charge is 0.200 e. The Hall–Kier alpha value is -2.97. The fourth-order valence-electron chi connectivity index (χ4n) is 3.24. The SMILES string of the molecule is Cc1nc2ccc(N3C[C@@H]4Oc5c(F)ccc(F)c5O[C@@H]4C3)nn2n1. The minimum Gasteiger partial charge on any atom is -0.478 e. The summed E-state index contributed by atoms with van der Waals surface area (Å²) in [7, 11) is 0. The van der Waals surface area contributed by atoms with E-state index in [0.717, 1.165) is 12.1 Å². The van der Waals surface area contributed by atoms with Crippen LogP contribution in [0.3, 0.4) is 0 Å². The van der Waals surface area contributed by atoms with E-state index in [-0.39, 0.29) is 11.5 Å². The predicted molar refractivity (Wildman–Crippen MR) is 82.9 cm³/mol. The first-order valence-corrected chi connectivity index (χ1v) is 7.85. The molecule has 0 saturated carbocycles. The lowest BCUT2D eigenvalue weighted by molar-refractivity contribution is 0.0467. The quantitative estimate of drug-likeness (QED) is 0.669. The number of fused-ring (bicyclic) bond motifs is 3. The van der Waals surface area contributed by atoms with Gasteiger partial charge in [0.25, 0.3) is 0 Å². The summed E-state index contributed by atoms with van der Waals surface area (Å²) in [4.78, 5) is 6.18. The molecule has 9 heteroatoms. The molecule has 2 aliphatic rings. The van der Waals surface area contributed by atoms with Crippen LogP contribution in [0.15, 0.2) is 24.3 Å². The van der Waals surface area contributed by atoms with Gasteiger partial charge in [-0.1, -0.05) is 0 Å². The average Bonchev–Trinajstić information content (AvgIpc) is 3.18. The number of nitrogens with zero attached hydrogens (tertiary/aromatic N) is 5. The summed E-state index contributed by atoms with van der Waals surface area (Å²) in [5, 5.41) is 8.63. The van der Waals surface area contributed by atoms with Crippen molar-refractivity contribution in [1.82, 2.24) is 19.8 Å². The second-order valence-corrected chi connectivity index (χ2v) is 6.10. The molecule has 0 amide bonds. The van der Waals surface area contributed by atoms with E-state index in [4.69, 9.17) is 9.47 Å². The maximum atomic E-state index is 13.9. The molecule has 4 heterocycles. The molecule has 0 unspecified atom stereocenters. The van der Waals surface area contributed by atoms with Crippen LogP contribution in [-0.4, -0.2) is 45.1 Å². The van der Waals surface area contributed by atoms with E-state index < -0.39 is 23.8 Å². The van der Waals surface area contributed by atoms with E-state index in [1.807, 2.05) is 17.0 Å². The Morgan fingerprint density at radius 2 is 1.60 bits per heavy atom. The van der Waals surface area contributed by atoms with Gasteiger partial charge in [-0.05, 0) is 31.2 Å². The van der Waals surface area contributed by atoms with Crippen LogP contribution >= 0.6 is 0 Å². The van der Waals surface area contributed by atoms with Gasteiger partial charge in [0.2, 0.25) is 11.5 Å². The monoisotopic (exact) mass is 345 g/mol. The molecule has 0 N–H and O–H groups in total. The lowest BCUT2D eigenvalue weighted by Crippen LogP contribution is -2.39. The Morgan fingerprint density at radius 3 is 2.24 bits per heavy atom. The highest BCUT2D eigenvalue weighted by Crippen LogP contribution is 2.40. The van der Waals surface area contributed by atoms with E-state index in [1.54, 1.807) is 6.92 Å². The Labute approximate surface area is 140 Å². The molecule has 2 aliphatic heterocycles. The molecule has 128 valence electrons. The summed E-state index contributed by atoms with van der Waals surface area (Å²) >= 11 is 0. The van der Waals surface area contributed by atoms with Crippen molar-refractivity contribution in [2.75, 3.05) is 18.0 Å². The lowest BCUT2D eigenvalue weighted by Gasteiger charge is -2.28. The maximum absolute atomic E-state index is 13.9. The molecule has 25 heavy (non-hydrogen) atoms. The van der Waals surface area contributed by atoms with E-state index >= 15 is 0 Å². The number of halogens is 2. The first-order chi connectivity index (χ1) is 12.1. The van der Waals surface area contributed by atoms with Crippen molar-refractivity contribution in [3.8, 4) is 11.5 Å². The van der Waals surface area contributed by atoms with Crippen molar-refractivity contribution in [2.24, 2.45) is 0 Å². The molecule has 0 aliphatic carbocycles. The number of anilines is 1. The summed E-state index contributed by atoms with van der Waals surface area (Å²) in [6.07, 6.45) is -0.808. The van der Waals surface area contributed by atoms with Crippen molar-refractivity contribution < 1.29 is 18.3 Å². The van der Waals surface area contributed by atoms with Crippen molar-refractivity contribution >= 4 is 11.5 Å². The van der Waals surface area contributed by atoms with Crippen LogP contribution in [0.4, 0.5) is 14.6 Å². The van der Waals surface area contributed by atoms with Crippen LogP contribution in [0.25, 0.3) is 5.65 Å². The van der Waals surface area contributed by atoms with Crippen LogP contribution < -0.4 is 14.4 Å². The molecule has 5 rings (SSSR count). The third-order valence-electron chi connectivity index (χ3n) is 4.39. The number of hydrogen-bond donors (Lipinski definition) is 0. The largest absolute Gasteiger partial charge is 0.478 e. The van der Waals surface area contributed by atoms with Gasteiger partial charge in [-0.2, -0.15) is 0 Å². The van der Waals surface area contributed by atoms with Crippen LogP contribution in [-0.2, 0) is 0 Å². The van der Waals surface area contributed by atoms with Crippen molar-refractivity contribution in [2.45, 2.75) is 19.1 Å². The molecule has 0 bridgehead atoms. The van der Waals surface area contributed by atoms with Crippen LogP contribution in [0.1, 0.15) is 5.82 Å². The predicted octanol–water partition coefficient (Wildman–Crippen LogP) is 1.74. The highest BCUT2D eigenvalue weighted by atomic mass is 19.1. The molecule has 0 radical (unpaired) electrons. The van der Waals surface area contributed by atoms with E-state index in [2.05, 4.69) is 15.2 Å². The van der Waals surface area contributed by atoms with Crippen molar-refractivity contribution in [3.63, 3.8) is 0 Å². The van der Waals surface area contributed by atoms with Gasteiger partial charge in [0.15, 0.2) is 35.3 Å². The van der Waals surface area contributed by atoms with Crippen molar-refractivity contribution in [1.29, 1.82) is 0 Å². The van der Waals surface area contributed by atoms with Gasteiger partial charge in [0.1, 0.15) is 5.82 Å². The standard InChI is InChI=1S/C16H13F2N5O2/c1-8-19-13-4-5-14(21-23(13)20-8)22-6-11-12(7-22)25-16-10(18)3-2-9(17)15(16)24-11/h2-5,11-12H,6-7H2,1H3/t11-,12+.